The van der Waals surface area contributed by atoms with Gasteiger partial charge in [0.05, 0.1) is 18.1 Å². The van der Waals surface area contributed by atoms with Gasteiger partial charge in [0.1, 0.15) is 0 Å². The summed E-state index contributed by atoms with van der Waals surface area (Å²) in [4.78, 5) is 23.4. The van der Waals surface area contributed by atoms with Crippen LogP contribution in [0.25, 0.3) is 0 Å². The van der Waals surface area contributed by atoms with Gasteiger partial charge in [-0.25, -0.2) is 0 Å². The van der Waals surface area contributed by atoms with Gasteiger partial charge in [0, 0.05) is 25.2 Å². The molecule has 1 amide bonds. The number of thioether (sulfide) groups is 1. The van der Waals surface area contributed by atoms with E-state index in [-0.39, 0.29) is 28.8 Å². The third-order valence-electron chi connectivity index (χ3n) is 4.22. The first-order valence-electron chi connectivity index (χ1n) is 8.29. The molecule has 0 aliphatic carbocycles. The molecule has 24 heavy (non-hydrogen) atoms. The van der Waals surface area contributed by atoms with Crippen molar-refractivity contribution >= 4 is 23.6 Å². The fourth-order valence-electron chi connectivity index (χ4n) is 2.87. The average molecular weight is 351 g/mol. The van der Waals surface area contributed by atoms with E-state index in [2.05, 4.69) is 17.4 Å². The number of benzene rings is 1. The van der Waals surface area contributed by atoms with Gasteiger partial charge in [0.25, 0.3) is 0 Å². The maximum Gasteiger partial charge on any atom is 0.315 e. The Balaban J connectivity index is 1.85. The molecule has 1 N–H and O–H groups in total. The number of hydrogen-bond acceptors (Lipinski definition) is 5. The Morgan fingerprint density at radius 2 is 1.92 bits per heavy atom. The minimum atomic E-state index is -0.277. The summed E-state index contributed by atoms with van der Waals surface area (Å²) in [6, 6.07) is 10.3. The van der Waals surface area contributed by atoms with E-state index in [4.69, 9.17) is 9.47 Å². The van der Waals surface area contributed by atoms with Crippen LogP contribution in [0.2, 0.25) is 0 Å². The van der Waals surface area contributed by atoms with Gasteiger partial charge in [-0.3, -0.25) is 9.59 Å². The summed E-state index contributed by atoms with van der Waals surface area (Å²) < 4.78 is 10.3. The van der Waals surface area contributed by atoms with Crippen molar-refractivity contribution < 1.29 is 19.1 Å². The molecule has 1 aliphatic rings. The molecule has 132 valence electrons. The van der Waals surface area contributed by atoms with Gasteiger partial charge in [0.2, 0.25) is 5.91 Å². The second kappa shape index (κ2) is 9.69. The van der Waals surface area contributed by atoms with E-state index >= 15 is 0 Å². The number of amides is 1. The predicted octanol–water partition coefficient (Wildman–Crippen LogP) is 2.15. The molecule has 1 saturated heterocycles. The van der Waals surface area contributed by atoms with Crippen LogP contribution < -0.4 is 5.32 Å². The van der Waals surface area contributed by atoms with Crippen LogP contribution in [0, 0.1) is 0 Å². The standard InChI is InChI=1S/C18H25NO4S/c1-2-23-17(21)13-24-12-16(20)19-14-18(8-10-22-11-9-18)15-6-4-3-5-7-15/h3-7H,2,8-14H2,1H3,(H,19,20). The Bertz CT molecular complexity index is 529. The van der Waals surface area contributed by atoms with Crippen molar-refractivity contribution in [3.05, 3.63) is 35.9 Å². The zero-order chi connectivity index (χ0) is 17.3. The first-order valence-corrected chi connectivity index (χ1v) is 9.45. The normalized spacial score (nSPS) is 16.4. The van der Waals surface area contributed by atoms with E-state index in [1.807, 2.05) is 18.2 Å². The van der Waals surface area contributed by atoms with Crippen LogP contribution in [0.4, 0.5) is 0 Å². The molecule has 1 aromatic rings. The maximum absolute atomic E-state index is 12.1. The van der Waals surface area contributed by atoms with E-state index in [9.17, 15) is 9.59 Å². The molecular formula is C18H25NO4S. The lowest BCUT2D eigenvalue weighted by molar-refractivity contribution is -0.139. The third-order valence-corrected chi connectivity index (χ3v) is 5.12. The summed E-state index contributed by atoms with van der Waals surface area (Å²) >= 11 is 1.28. The molecule has 1 aromatic carbocycles. The molecule has 0 aromatic heterocycles. The average Bonchev–Trinajstić information content (AvgIpc) is 2.62. The highest BCUT2D eigenvalue weighted by atomic mass is 32.2. The highest BCUT2D eigenvalue weighted by Gasteiger charge is 2.34. The molecule has 0 unspecified atom stereocenters. The topological polar surface area (TPSA) is 64.6 Å². The Hall–Kier alpha value is -1.53. The van der Waals surface area contributed by atoms with Crippen LogP contribution in [0.5, 0.6) is 0 Å². The number of rotatable bonds is 8. The molecule has 5 nitrogen and oxygen atoms in total. The Morgan fingerprint density at radius 1 is 1.21 bits per heavy atom. The molecule has 1 aliphatic heterocycles. The van der Waals surface area contributed by atoms with E-state index in [1.54, 1.807) is 6.92 Å². The van der Waals surface area contributed by atoms with Gasteiger partial charge in [-0.05, 0) is 25.3 Å². The van der Waals surface area contributed by atoms with Gasteiger partial charge in [-0.15, -0.1) is 11.8 Å². The van der Waals surface area contributed by atoms with Gasteiger partial charge >= 0.3 is 5.97 Å². The highest BCUT2D eigenvalue weighted by molar-refractivity contribution is 8.00. The zero-order valence-electron chi connectivity index (χ0n) is 14.1. The molecule has 0 saturated carbocycles. The van der Waals surface area contributed by atoms with Crippen LogP contribution >= 0.6 is 11.8 Å². The SMILES string of the molecule is CCOC(=O)CSCC(=O)NCC1(c2ccccc2)CCOCC1. The number of hydrogen-bond donors (Lipinski definition) is 1. The van der Waals surface area contributed by atoms with Crippen molar-refractivity contribution in [3.8, 4) is 0 Å². The van der Waals surface area contributed by atoms with Crippen LogP contribution in [0.1, 0.15) is 25.3 Å². The summed E-state index contributed by atoms with van der Waals surface area (Å²) in [7, 11) is 0. The van der Waals surface area contributed by atoms with Gasteiger partial charge < -0.3 is 14.8 Å². The molecule has 0 spiro atoms. The van der Waals surface area contributed by atoms with Crippen molar-refractivity contribution in [3.63, 3.8) is 0 Å². The Morgan fingerprint density at radius 3 is 2.58 bits per heavy atom. The largest absolute Gasteiger partial charge is 0.465 e. The Labute approximate surface area is 147 Å². The summed E-state index contributed by atoms with van der Waals surface area (Å²) in [5.74, 6) is 0.144. The minimum absolute atomic E-state index is 0.0499. The summed E-state index contributed by atoms with van der Waals surface area (Å²) in [6.45, 7) is 4.16. The van der Waals surface area contributed by atoms with Crippen molar-refractivity contribution in [2.45, 2.75) is 25.2 Å². The second-order valence-corrected chi connectivity index (χ2v) is 6.82. The maximum atomic E-state index is 12.1. The molecule has 0 radical (unpaired) electrons. The smallest absolute Gasteiger partial charge is 0.315 e. The summed E-state index contributed by atoms with van der Waals surface area (Å²) in [5.41, 5.74) is 1.17. The van der Waals surface area contributed by atoms with E-state index in [1.165, 1.54) is 17.3 Å². The van der Waals surface area contributed by atoms with Gasteiger partial charge in [0.15, 0.2) is 0 Å². The molecule has 1 heterocycles. The molecule has 0 atom stereocenters. The number of esters is 1. The third kappa shape index (κ3) is 5.53. The minimum Gasteiger partial charge on any atom is -0.465 e. The predicted molar refractivity (Wildman–Crippen MR) is 95.1 cm³/mol. The quantitative estimate of drug-likeness (QED) is 0.727. The van der Waals surface area contributed by atoms with Crippen molar-refractivity contribution in [2.75, 3.05) is 37.9 Å². The number of carbonyl (C=O) groups excluding carboxylic acids is 2. The van der Waals surface area contributed by atoms with Crippen molar-refractivity contribution in [2.24, 2.45) is 0 Å². The van der Waals surface area contributed by atoms with Crippen molar-refractivity contribution in [1.82, 2.24) is 5.32 Å². The van der Waals surface area contributed by atoms with E-state index in [0.717, 1.165) is 12.8 Å². The lowest BCUT2D eigenvalue weighted by Crippen LogP contribution is -2.45. The number of carbonyl (C=O) groups is 2. The van der Waals surface area contributed by atoms with Crippen LogP contribution in [0.3, 0.4) is 0 Å². The first-order chi connectivity index (χ1) is 11.7. The molecule has 6 heteroatoms. The van der Waals surface area contributed by atoms with Crippen LogP contribution in [-0.4, -0.2) is 49.7 Å². The van der Waals surface area contributed by atoms with E-state index < -0.39 is 0 Å². The number of nitrogens with one attached hydrogen (secondary N) is 1. The van der Waals surface area contributed by atoms with Gasteiger partial charge in [-0.1, -0.05) is 30.3 Å². The zero-order valence-corrected chi connectivity index (χ0v) is 14.9. The lowest BCUT2D eigenvalue weighted by atomic mass is 9.74. The van der Waals surface area contributed by atoms with Crippen LogP contribution in [-0.2, 0) is 24.5 Å². The fraction of sp³-hybridized carbons (Fsp3) is 0.556. The fourth-order valence-corrected chi connectivity index (χ4v) is 3.51. The summed E-state index contributed by atoms with van der Waals surface area (Å²) in [6.07, 6.45) is 1.79. The molecule has 2 rings (SSSR count). The molecule has 1 fully saturated rings. The van der Waals surface area contributed by atoms with Gasteiger partial charge in [-0.2, -0.15) is 0 Å². The first kappa shape index (κ1) is 18.8. The van der Waals surface area contributed by atoms with Crippen molar-refractivity contribution in [1.29, 1.82) is 0 Å². The molecule has 0 bridgehead atoms. The highest BCUT2D eigenvalue weighted by Crippen LogP contribution is 2.34. The summed E-state index contributed by atoms with van der Waals surface area (Å²) in [5, 5.41) is 3.03. The van der Waals surface area contributed by atoms with Crippen LogP contribution in [0.15, 0.2) is 30.3 Å². The monoisotopic (exact) mass is 351 g/mol. The second-order valence-electron chi connectivity index (χ2n) is 5.83. The molecular weight excluding hydrogens is 326 g/mol. The van der Waals surface area contributed by atoms with E-state index in [0.29, 0.717) is 26.4 Å². The number of ether oxygens (including phenoxy) is 2. The lowest BCUT2D eigenvalue weighted by Gasteiger charge is -2.38. The Kier molecular flexibility index (Phi) is 7.59.